The van der Waals surface area contributed by atoms with Gasteiger partial charge >= 0.3 is 6.03 Å². The molecule has 0 aliphatic heterocycles. The molecule has 0 bridgehead atoms. The summed E-state index contributed by atoms with van der Waals surface area (Å²) in [6.45, 7) is 4.21. The molecular weight excluding hydrogens is 190 g/mol. The fraction of sp³-hybridized carbons (Fsp3) is 0.636. The largest absolute Gasteiger partial charge is 0.335 e. The molecule has 1 heterocycles. The highest BCUT2D eigenvalue weighted by Gasteiger charge is 2.07. The lowest BCUT2D eigenvalue weighted by molar-refractivity contribution is 0.238. The lowest BCUT2D eigenvalue weighted by atomic mass is 10.1. The average molecular weight is 209 g/mol. The third-order valence-corrected chi connectivity index (χ3v) is 2.35. The van der Waals surface area contributed by atoms with Crippen LogP contribution in [0.3, 0.4) is 0 Å². The van der Waals surface area contributed by atoms with E-state index in [0.29, 0.717) is 0 Å². The number of imidazole rings is 1. The van der Waals surface area contributed by atoms with Gasteiger partial charge in [-0.05, 0) is 13.3 Å². The predicted molar refractivity (Wildman–Crippen MR) is 59.8 cm³/mol. The van der Waals surface area contributed by atoms with Crippen molar-refractivity contribution in [2.75, 3.05) is 0 Å². The number of nitrogens with one attached hydrogen (secondary N) is 1. The number of aromatic nitrogens is 2. The second-order valence-electron chi connectivity index (χ2n) is 3.82. The Morgan fingerprint density at radius 3 is 2.93 bits per heavy atom. The van der Waals surface area contributed by atoms with Gasteiger partial charge in [0.1, 0.15) is 6.33 Å². The van der Waals surface area contributed by atoms with E-state index in [1.807, 2.05) is 6.92 Å². The molecule has 4 nitrogen and oxygen atoms in total. The van der Waals surface area contributed by atoms with E-state index in [4.69, 9.17) is 0 Å². The number of carbonyl (C=O) groups is 1. The van der Waals surface area contributed by atoms with Crippen molar-refractivity contribution >= 4 is 6.03 Å². The molecule has 1 rings (SSSR count). The molecule has 0 aromatic carbocycles. The van der Waals surface area contributed by atoms with Crippen LogP contribution in [-0.4, -0.2) is 21.6 Å². The Morgan fingerprint density at radius 2 is 2.33 bits per heavy atom. The van der Waals surface area contributed by atoms with Gasteiger partial charge in [0.25, 0.3) is 0 Å². The molecule has 0 aliphatic rings. The van der Waals surface area contributed by atoms with Gasteiger partial charge in [-0.2, -0.15) is 0 Å². The first-order valence-corrected chi connectivity index (χ1v) is 5.53. The van der Waals surface area contributed by atoms with Gasteiger partial charge in [0.05, 0.1) is 0 Å². The third-order valence-electron chi connectivity index (χ3n) is 2.35. The molecule has 1 atom stereocenters. The van der Waals surface area contributed by atoms with Crippen LogP contribution in [0.4, 0.5) is 4.79 Å². The number of hydrogen-bond acceptors (Lipinski definition) is 2. The molecule has 0 fully saturated rings. The van der Waals surface area contributed by atoms with Crippen LogP contribution >= 0.6 is 0 Å². The van der Waals surface area contributed by atoms with Crippen LogP contribution < -0.4 is 5.32 Å². The maximum atomic E-state index is 11.6. The minimum Gasteiger partial charge on any atom is -0.335 e. The Bertz CT molecular complexity index is 282. The van der Waals surface area contributed by atoms with E-state index in [-0.39, 0.29) is 12.1 Å². The molecule has 84 valence electrons. The Morgan fingerprint density at radius 1 is 1.53 bits per heavy atom. The second kappa shape index (κ2) is 6.22. The summed E-state index contributed by atoms with van der Waals surface area (Å²) in [5.74, 6) is 0. The molecule has 0 saturated carbocycles. The van der Waals surface area contributed by atoms with Crippen LogP contribution in [0.25, 0.3) is 0 Å². The van der Waals surface area contributed by atoms with E-state index in [1.165, 1.54) is 30.2 Å². The van der Waals surface area contributed by atoms with Crippen molar-refractivity contribution < 1.29 is 4.79 Å². The quantitative estimate of drug-likeness (QED) is 0.757. The van der Waals surface area contributed by atoms with Crippen molar-refractivity contribution in [2.24, 2.45) is 0 Å². The molecule has 0 aliphatic carbocycles. The smallest absolute Gasteiger partial charge is 0.327 e. The first-order chi connectivity index (χ1) is 7.24. The summed E-state index contributed by atoms with van der Waals surface area (Å²) in [7, 11) is 0. The summed E-state index contributed by atoms with van der Waals surface area (Å²) in [5, 5.41) is 2.93. The topological polar surface area (TPSA) is 46.9 Å². The van der Waals surface area contributed by atoms with Crippen LogP contribution in [0, 0.1) is 0 Å². The maximum Gasteiger partial charge on any atom is 0.327 e. The van der Waals surface area contributed by atoms with Crippen LogP contribution in [0.1, 0.15) is 39.5 Å². The fourth-order valence-electron chi connectivity index (χ4n) is 1.44. The standard InChI is InChI=1S/C11H19N3O/c1-3-4-5-6-10(2)13-11(15)14-8-7-12-9-14/h7-10H,3-6H2,1-2H3,(H,13,15). The number of hydrogen-bond donors (Lipinski definition) is 1. The van der Waals surface area contributed by atoms with Crippen molar-refractivity contribution in [2.45, 2.75) is 45.6 Å². The first kappa shape index (κ1) is 11.8. The zero-order valence-electron chi connectivity index (χ0n) is 9.44. The van der Waals surface area contributed by atoms with Gasteiger partial charge in [-0.25, -0.2) is 9.78 Å². The van der Waals surface area contributed by atoms with Gasteiger partial charge in [0.2, 0.25) is 0 Å². The molecule has 15 heavy (non-hydrogen) atoms. The monoisotopic (exact) mass is 209 g/mol. The summed E-state index contributed by atoms with van der Waals surface area (Å²) in [6.07, 6.45) is 9.40. The summed E-state index contributed by atoms with van der Waals surface area (Å²) < 4.78 is 1.45. The van der Waals surface area contributed by atoms with Crippen LogP contribution in [0.15, 0.2) is 18.7 Å². The summed E-state index contributed by atoms with van der Waals surface area (Å²) in [4.78, 5) is 15.4. The molecule has 1 unspecified atom stereocenters. The van der Waals surface area contributed by atoms with E-state index in [2.05, 4.69) is 17.2 Å². The van der Waals surface area contributed by atoms with Crippen molar-refractivity contribution in [3.8, 4) is 0 Å². The minimum absolute atomic E-state index is 0.100. The van der Waals surface area contributed by atoms with Gasteiger partial charge < -0.3 is 5.32 Å². The van der Waals surface area contributed by atoms with Gasteiger partial charge in [0, 0.05) is 18.4 Å². The molecule has 1 amide bonds. The van der Waals surface area contributed by atoms with Gasteiger partial charge in [-0.15, -0.1) is 0 Å². The minimum atomic E-state index is -0.100. The fourth-order valence-corrected chi connectivity index (χ4v) is 1.44. The van der Waals surface area contributed by atoms with Gasteiger partial charge in [-0.3, -0.25) is 4.57 Å². The van der Waals surface area contributed by atoms with Crippen LogP contribution in [0.2, 0.25) is 0 Å². The first-order valence-electron chi connectivity index (χ1n) is 5.53. The molecule has 1 aromatic rings. The van der Waals surface area contributed by atoms with Crippen LogP contribution in [-0.2, 0) is 0 Å². The summed E-state index contributed by atoms with van der Waals surface area (Å²) >= 11 is 0. The lowest BCUT2D eigenvalue weighted by Crippen LogP contribution is -2.35. The number of amides is 1. The highest BCUT2D eigenvalue weighted by Crippen LogP contribution is 2.02. The van der Waals surface area contributed by atoms with Gasteiger partial charge in [-0.1, -0.05) is 26.2 Å². The summed E-state index contributed by atoms with van der Waals surface area (Å²) in [6, 6.07) is 0.128. The number of unbranched alkanes of at least 4 members (excludes halogenated alkanes) is 2. The zero-order valence-corrected chi connectivity index (χ0v) is 9.44. The molecule has 1 N–H and O–H groups in total. The van der Waals surface area contributed by atoms with Crippen molar-refractivity contribution in [3.05, 3.63) is 18.7 Å². The normalized spacial score (nSPS) is 12.4. The number of rotatable bonds is 5. The highest BCUT2D eigenvalue weighted by molar-refractivity contribution is 5.76. The molecule has 0 spiro atoms. The van der Waals surface area contributed by atoms with Crippen molar-refractivity contribution in [1.82, 2.24) is 14.9 Å². The Kier molecular flexibility index (Phi) is 4.87. The molecular formula is C11H19N3O. The highest BCUT2D eigenvalue weighted by atomic mass is 16.2. The van der Waals surface area contributed by atoms with Crippen molar-refractivity contribution in [3.63, 3.8) is 0 Å². The molecule has 0 radical (unpaired) electrons. The summed E-state index contributed by atoms with van der Waals surface area (Å²) in [5.41, 5.74) is 0. The molecule has 0 saturated heterocycles. The SMILES string of the molecule is CCCCCC(C)NC(=O)n1ccnc1. The second-order valence-corrected chi connectivity index (χ2v) is 3.82. The van der Waals surface area contributed by atoms with Crippen LogP contribution in [0.5, 0.6) is 0 Å². The van der Waals surface area contributed by atoms with E-state index >= 15 is 0 Å². The van der Waals surface area contributed by atoms with E-state index in [0.717, 1.165) is 6.42 Å². The Labute approximate surface area is 90.7 Å². The predicted octanol–water partition coefficient (Wildman–Crippen LogP) is 2.41. The van der Waals surface area contributed by atoms with E-state index in [9.17, 15) is 4.79 Å². The Hall–Kier alpha value is -1.32. The average Bonchev–Trinajstić information content (AvgIpc) is 2.70. The van der Waals surface area contributed by atoms with Gasteiger partial charge in [0.15, 0.2) is 0 Å². The number of carbonyl (C=O) groups excluding carboxylic acids is 1. The zero-order chi connectivity index (χ0) is 11.1. The number of nitrogens with zero attached hydrogens (tertiary/aromatic N) is 2. The molecule has 1 aromatic heterocycles. The van der Waals surface area contributed by atoms with E-state index in [1.54, 1.807) is 12.4 Å². The Balaban J connectivity index is 2.26. The maximum absolute atomic E-state index is 11.6. The molecule has 4 heteroatoms. The lowest BCUT2D eigenvalue weighted by Gasteiger charge is -2.13. The van der Waals surface area contributed by atoms with Crippen molar-refractivity contribution in [1.29, 1.82) is 0 Å². The third kappa shape index (κ3) is 4.14. The van der Waals surface area contributed by atoms with E-state index < -0.39 is 0 Å².